The van der Waals surface area contributed by atoms with Gasteiger partial charge in [-0.2, -0.15) is 0 Å². The van der Waals surface area contributed by atoms with Crippen LogP contribution in [-0.2, 0) is 38.9 Å². The van der Waals surface area contributed by atoms with Gasteiger partial charge in [-0.3, -0.25) is 0 Å². The molecule has 4 rings (SSSR count). The molecule has 0 aliphatic carbocycles. The summed E-state index contributed by atoms with van der Waals surface area (Å²) in [6, 6.07) is 12.8. The Hall–Kier alpha value is -3.96. The quantitative estimate of drug-likeness (QED) is 0.134. The number of anilines is 1. The second-order valence-corrected chi connectivity index (χ2v) is 12.2. The van der Waals surface area contributed by atoms with E-state index in [9.17, 15) is 13.2 Å². The van der Waals surface area contributed by atoms with E-state index in [4.69, 9.17) is 19.0 Å². The maximum absolute atomic E-state index is 14.1. The molecule has 0 bridgehead atoms. The van der Waals surface area contributed by atoms with Crippen molar-refractivity contribution in [2.45, 2.75) is 72.2 Å². The summed E-state index contributed by atoms with van der Waals surface area (Å²) >= 11 is 0. The molecule has 0 unspecified atom stereocenters. The van der Waals surface area contributed by atoms with E-state index in [1.54, 1.807) is 39.0 Å². The predicted molar refractivity (Wildman–Crippen MR) is 165 cm³/mol. The monoisotopic (exact) mass is 608 g/mol. The average Bonchev–Trinajstić information content (AvgIpc) is 3.50. The van der Waals surface area contributed by atoms with Gasteiger partial charge in [-0.15, -0.1) is 0 Å². The number of aromatic nitrogens is 3. The zero-order chi connectivity index (χ0) is 31.3. The minimum absolute atomic E-state index is 0.125. The van der Waals surface area contributed by atoms with Gasteiger partial charge in [0.15, 0.2) is 11.5 Å². The first-order chi connectivity index (χ1) is 20.6. The molecule has 2 aromatic heterocycles. The molecular weight excluding hydrogens is 568 g/mol. The minimum atomic E-state index is -4.09. The fourth-order valence-corrected chi connectivity index (χ4v) is 6.74. The number of carbonyl (C=O) groups excluding carboxylic acids is 1. The van der Waals surface area contributed by atoms with E-state index in [-0.39, 0.29) is 30.0 Å². The maximum atomic E-state index is 14.1. The summed E-state index contributed by atoms with van der Waals surface area (Å²) in [5.74, 6) is 1.19. The fraction of sp³-hybridized carbons (Fsp3) is 0.406. The lowest BCUT2D eigenvalue weighted by Gasteiger charge is -2.23. The number of hydrogen-bond donors (Lipinski definition) is 0. The Bertz CT molecular complexity index is 1710. The van der Waals surface area contributed by atoms with E-state index in [0.717, 1.165) is 45.4 Å². The number of nitrogens with zero attached hydrogens (tertiary/aromatic N) is 4. The number of rotatable bonds is 13. The van der Waals surface area contributed by atoms with E-state index in [1.807, 2.05) is 42.7 Å². The lowest BCUT2D eigenvalue weighted by molar-refractivity contribution is 0.0512. The summed E-state index contributed by atoms with van der Waals surface area (Å²) in [6.45, 7) is 11.8. The third kappa shape index (κ3) is 6.37. The van der Waals surface area contributed by atoms with E-state index in [0.29, 0.717) is 35.5 Å². The zero-order valence-corrected chi connectivity index (χ0v) is 26.7. The van der Waals surface area contributed by atoms with Crippen LogP contribution in [0.4, 0.5) is 5.82 Å². The SMILES string of the molecule is CCCc1nc(CC)c(C(=O)OCC)n1Cc1ccc(-c2ccccc2S(=O)(=O)N(COC)c2noc(C)c2C)c(C)c1. The van der Waals surface area contributed by atoms with Gasteiger partial charge in [-0.25, -0.2) is 22.5 Å². The molecule has 0 fully saturated rings. The van der Waals surface area contributed by atoms with Crippen molar-refractivity contribution in [2.24, 2.45) is 0 Å². The third-order valence-corrected chi connectivity index (χ3v) is 9.16. The van der Waals surface area contributed by atoms with Gasteiger partial charge in [0.1, 0.15) is 18.3 Å². The molecule has 2 aromatic carbocycles. The zero-order valence-electron chi connectivity index (χ0n) is 25.9. The van der Waals surface area contributed by atoms with E-state index < -0.39 is 10.0 Å². The van der Waals surface area contributed by atoms with Crippen LogP contribution in [-0.4, -0.2) is 49.5 Å². The first kappa shape index (κ1) is 32.0. The van der Waals surface area contributed by atoms with E-state index >= 15 is 0 Å². The van der Waals surface area contributed by atoms with Gasteiger partial charge in [0.05, 0.1) is 17.2 Å². The summed E-state index contributed by atoms with van der Waals surface area (Å²) in [4.78, 5) is 17.9. The van der Waals surface area contributed by atoms with Gasteiger partial charge in [-0.1, -0.05) is 55.4 Å². The molecular formula is C32H40N4O6S. The predicted octanol–water partition coefficient (Wildman–Crippen LogP) is 6.00. The molecule has 11 heteroatoms. The highest BCUT2D eigenvalue weighted by Gasteiger charge is 2.32. The van der Waals surface area contributed by atoms with Gasteiger partial charge >= 0.3 is 5.97 Å². The molecule has 0 atom stereocenters. The average molecular weight is 609 g/mol. The van der Waals surface area contributed by atoms with Crippen molar-refractivity contribution in [1.82, 2.24) is 14.7 Å². The van der Waals surface area contributed by atoms with Crippen molar-refractivity contribution in [3.05, 3.63) is 82.1 Å². The minimum Gasteiger partial charge on any atom is -0.461 e. The summed E-state index contributed by atoms with van der Waals surface area (Å²) in [5, 5.41) is 4.01. The van der Waals surface area contributed by atoms with Crippen LogP contribution in [0.25, 0.3) is 11.1 Å². The van der Waals surface area contributed by atoms with Crippen LogP contribution in [0, 0.1) is 20.8 Å². The fourth-order valence-electron chi connectivity index (χ4n) is 5.15. The molecule has 2 heterocycles. The molecule has 0 radical (unpaired) electrons. The molecule has 230 valence electrons. The van der Waals surface area contributed by atoms with Crippen LogP contribution in [0.2, 0.25) is 0 Å². The highest BCUT2D eigenvalue weighted by molar-refractivity contribution is 7.93. The highest BCUT2D eigenvalue weighted by Crippen LogP contribution is 2.35. The third-order valence-electron chi connectivity index (χ3n) is 7.39. The maximum Gasteiger partial charge on any atom is 0.356 e. The van der Waals surface area contributed by atoms with Crippen LogP contribution in [0.3, 0.4) is 0 Å². The van der Waals surface area contributed by atoms with Crippen molar-refractivity contribution in [2.75, 3.05) is 24.8 Å². The van der Waals surface area contributed by atoms with Crippen LogP contribution in [0.1, 0.15) is 71.6 Å². The van der Waals surface area contributed by atoms with Crippen molar-refractivity contribution in [3.8, 4) is 11.1 Å². The Labute approximate surface area is 253 Å². The lowest BCUT2D eigenvalue weighted by Crippen LogP contribution is -2.34. The molecule has 0 aliphatic heterocycles. The standard InChI is InChI=1S/C32H40N4O6S/c1-8-13-29-33-27(9-2)30(32(37)41-10-3)35(29)19-24-16-17-25(21(4)18-24)26-14-11-12-15-28(26)43(38,39)36(20-40-7)31-22(5)23(6)42-34-31/h11-12,14-18H,8-10,13,19-20H2,1-7H3. The van der Waals surface area contributed by atoms with Crippen LogP contribution >= 0.6 is 0 Å². The molecule has 43 heavy (non-hydrogen) atoms. The van der Waals surface area contributed by atoms with Crippen LogP contribution < -0.4 is 4.31 Å². The molecule has 0 N–H and O–H groups in total. The molecule has 0 aliphatic rings. The number of esters is 1. The van der Waals surface area contributed by atoms with Crippen molar-refractivity contribution in [3.63, 3.8) is 0 Å². The highest BCUT2D eigenvalue weighted by atomic mass is 32.2. The molecule has 0 saturated carbocycles. The van der Waals surface area contributed by atoms with Crippen molar-refractivity contribution < 1.29 is 27.2 Å². The Morgan fingerprint density at radius 3 is 2.40 bits per heavy atom. The summed E-state index contributed by atoms with van der Waals surface area (Å²) in [7, 11) is -2.66. The normalized spacial score (nSPS) is 11.6. The number of sulfonamides is 1. The molecule has 0 spiro atoms. The first-order valence-electron chi connectivity index (χ1n) is 14.5. The number of hydrogen-bond acceptors (Lipinski definition) is 8. The molecule has 10 nitrogen and oxygen atoms in total. The first-order valence-corrected chi connectivity index (χ1v) is 15.9. The number of carbonyl (C=O) groups is 1. The van der Waals surface area contributed by atoms with Gasteiger partial charge < -0.3 is 18.6 Å². The topological polar surface area (TPSA) is 117 Å². The molecule has 4 aromatic rings. The van der Waals surface area contributed by atoms with Gasteiger partial charge in [0.25, 0.3) is 10.0 Å². The molecule has 0 saturated heterocycles. The number of imidazole rings is 1. The second kappa shape index (κ2) is 13.6. The van der Waals surface area contributed by atoms with E-state index in [2.05, 4.69) is 12.1 Å². The summed E-state index contributed by atoms with van der Waals surface area (Å²) in [6.07, 6.45) is 2.24. The van der Waals surface area contributed by atoms with Gasteiger partial charge in [0.2, 0.25) is 0 Å². The number of benzene rings is 2. The van der Waals surface area contributed by atoms with Crippen molar-refractivity contribution in [1.29, 1.82) is 0 Å². The Morgan fingerprint density at radius 1 is 1.05 bits per heavy atom. The molecule has 0 amide bonds. The van der Waals surface area contributed by atoms with E-state index in [1.165, 1.54) is 7.11 Å². The smallest absolute Gasteiger partial charge is 0.356 e. The number of ether oxygens (including phenoxy) is 2. The summed E-state index contributed by atoms with van der Waals surface area (Å²) in [5.41, 5.74) is 5.01. The number of methoxy groups -OCH3 is 1. The Kier molecular flexibility index (Phi) is 10.1. The van der Waals surface area contributed by atoms with Crippen molar-refractivity contribution >= 4 is 21.8 Å². The van der Waals surface area contributed by atoms with Crippen LogP contribution in [0.5, 0.6) is 0 Å². The summed E-state index contributed by atoms with van der Waals surface area (Å²) < 4.78 is 47.2. The second-order valence-electron chi connectivity index (χ2n) is 10.3. The Balaban J connectivity index is 1.76. The largest absolute Gasteiger partial charge is 0.461 e. The number of aryl methyl sites for hydroxylation is 4. The Morgan fingerprint density at radius 2 is 1.79 bits per heavy atom. The lowest BCUT2D eigenvalue weighted by atomic mass is 9.98. The van der Waals surface area contributed by atoms with Gasteiger partial charge in [0, 0.05) is 31.2 Å². The van der Waals surface area contributed by atoms with Crippen LogP contribution in [0.15, 0.2) is 51.9 Å². The van der Waals surface area contributed by atoms with Gasteiger partial charge in [-0.05, 0) is 63.3 Å².